The Morgan fingerprint density at radius 1 is 0.971 bits per heavy atom. The van der Waals surface area contributed by atoms with Crippen molar-refractivity contribution in [2.24, 2.45) is 5.92 Å². The van der Waals surface area contributed by atoms with Gasteiger partial charge in [0.1, 0.15) is 5.75 Å². The molecular formula is C28H37N3O3. The lowest BCUT2D eigenvalue weighted by atomic mass is 9.74. The third kappa shape index (κ3) is 4.93. The van der Waals surface area contributed by atoms with Gasteiger partial charge < -0.3 is 25.0 Å². The molecule has 4 fully saturated rings. The zero-order valence-electron chi connectivity index (χ0n) is 20.4. The highest BCUT2D eigenvalue weighted by molar-refractivity contribution is 5.77. The summed E-state index contributed by atoms with van der Waals surface area (Å²) < 4.78 is 10.8. The lowest BCUT2D eigenvalue weighted by molar-refractivity contribution is 0.0226. The second kappa shape index (κ2) is 9.59. The summed E-state index contributed by atoms with van der Waals surface area (Å²) in [6.45, 7) is 6.88. The molecular weight excluding hydrogens is 426 g/mol. The Hall–Kier alpha value is -2.57. The van der Waals surface area contributed by atoms with E-state index in [2.05, 4.69) is 58.9 Å². The third-order valence-corrected chi connectivity index (χ3v) is 7.93. The smallest absolute Gasteiger partial charge is 0.315 e. The highest BCUT2D eigenvalue weighted by atomic mass is 16.5. The molecule has 3 heterocycles. The second-order valence-corrected chi connectivity index (χ2v) is 10.4. The molecule has 4 aliphatic rings. The topological polar surface area (TPSA) is 62.8 Å². The van der Waals surface area contributed by atoms with E-state index in [1.54, 1.807) is 7.11 Å². The SMILES string of the molecule is COCCCOc1ccc(-c2ccc(C3(NC(=O)NC4(C)CN5CCC4CC5)CC3)cc2)cc1. The van der Waals surface area contributed by atoms with E-state index in [9.17, 15) is 4.79 Å². The van der Waals surface area contributed by atoms with Crippen molar-refractivity contribution in [3.63, 3.8) is 0 Å². The summed E-state index contributed by atoms with van der Waals surface area (Å²) in [4.78, 5) is 15.5. The van der Waals surface area contributed by atoms with Gasteiger partial charge in [0.15, 0.2) is 0 Å². The van der Waals surface area contributed by atoms with Crippen LogP contribution in [0.3, 0.4) is 0 Å². The first-order valence-electron chi connectivity index (χ1n) is 12.7. The van der Waals surface area contributed by atoms with E-state index in [0.717, 1.165) is 42.7 Å². The first-order chi connectivity index (χ1) is 16.5. The Labute approximate surface area is 203 Å². The number of nitrogens with one attached hydrogen (secondary N) is 2. The summed E-state index contributed by atoms with van der Waals surface area (Å²) in [5.41, 5.74) is 3.15. The standard InChI is InChI=1S/C28H37N3O3/c1-27(20-31-16-12-23(27)13-17-31)29-26(32)30-28(14-15-28)24-8-4-21(5-9-24)22-6-10-25(11-7-22)34-19-3-18-33-2/h4-11,23H,3,12-20H2,1-2H3,(H2,29,30,32). The minimum Gasteiger partial charge on any atom is -0.494 e. The van der Waals surface area contributed by atoms with Crippen molar-refractivity contribution in [3.05, 3.63) is 54.1 Å². The molecule has 34 heavy (non-hydrogen) atoms. The zero-order valence-corrected chi connectivity index (χ0v) is 20.4. The van der Waals surface area contributed by atoms with Crippen LogP contribution in [-0.2, 0) is 10.3 Å². The third-order valence-electron chi connectivity index (χ3n) is 7.93. The second-order valence-electron chi connectivity index (χ2n) is 10.4. The first-order valence-corrected chi connectivity index (χ1v) is 12.7. The fourth-order valence-corrected chi connectivity index (χ4v) is 5.70. The Bertz CT molecular complexity index is 979. The number of carbonyl (C=O) groups is 1. The average molecular weight is 464 g/mol. The van der Waals surface area contributed by atoms with Crippen LogP contribution in [0.2, 0.25) is 0 Å². The molecule has 1 saturated carbocycles. The summed E-state index contributed by atoms with van der Waals surface area (Å²) in [6, 6.07) is 16.8. The van der Waals surface area contributed by atoms with E-state index >= 15 is 0 Å². The quantitative estimate of drug-likeness (QED) is 0.536. The average Bonchev–Trinajstić information content (AvgIpc) is 3.63. The number of piperidine rings is 3. The van der Waals surface area contributed by atoms with E-state index in [-0.39, 0.29) is 17.1 Å². The van der Waals surface area contributed by atoms with Gasteiger partial charge in [-0.15, -0.1) is 0 Å². The summed E-state index contributed by atoms with van der Waals surface area (Å²) in [5.74, 6) is 1.46. The molecule has 2 bridgehead atoms. The molecule has 0 radical (unpaired) electrons. The molecule has 6 rings (SSSR count). The normalized spacial score (nSPS) is 26.6. The van der Waals surface area contributed by atoms with Crippen LogP contribution in [0.25, 0.3) is 11.1 Å². The maximum absolute atomic E-state index is 13.0. The number of carbonyl (C=O) groups excluding carboxylic acids is 1. The molecule has 2 aromatic rings. The number of benzene rings is 2. The van der Waals surface area contributed by atoms with E-state index in [4.69, 9.17) is 9.47 Å². The van der Waals surface area contributed by atoms with Crippen molar-refractivity contribution in [2.75, 3.05) is 40.0 Å². The largest absolute Gasteiger partial charge is 0.494 e. The predicted molar refractivity (Wildman–Crippen MR) is 134 cm³/mol. The minimum absolute atomic E-state index is 0.0288. The molecule has 6 heteroatoms. The van der Waals surface area contributed by atoms with Gasteiger partial charge in [0.25, 0.3) is 0 Å². The zero-order chi connectivity index (χ0) is 23.6. The van der Waals surface area contributed by atoms with Gasteiger partial charge in [-0.25, -0.2) is 4.79 Å². The van der Waals surface area contributed by atoms with Crippen molar-refractivity contribution >= 4 is 6.03 Å². The van der Waals surface area contributed by atoms with Gasteiger partial charge in [-0.05, 0) is 80.4 Å². The van der Waals surface area contributed by atoms with Crippen molar-refractivity contribution in [1.82, 2.24) is 15.5 Å². The number of amides is 2. The van der Waals surface area contributed by atoms with Crippen LogP contribution in [0.5, 0.6) is 5.75 Å². The van der Waals surface area contributed by atoms with Crippen molar-refractivity contribution in [3.8, 4) is 16.9 Å². The van der Waals surface area contributed by atoms with Crippen molar-refractivity contribution in [1.29, 1.82) is 0 Å². The molecule has 1 unspecified atom stereocenters. The van der Waals surface area contributed by atoms with E-state index in [0.29, 0.717) is 19.1 Å². The maximum Gasteiger partial charge on any atom is 0.315 e. The fourth-order valence-electron chi connectivity index (χ4n) is 5.70. The summed E-state index contributed by atoms with van der Waals surface area (Å²) in [6.07, 6.45) is 5.22. The highest BCUT2D eigenvalue weighted by Gasteiger charge is 2.48. The van der Waals surface area contributed by atoms with Crippen molar-refractivity contribution < 1.29 is 14.3 Å². The number of ether oxygens (including phenoxy) is 2. The van der Waals surface area contributed by atoms with Crippen LogP contribution in [0.15, 0.2) is 48.5 Å². The number of nitrogens with zero attached hydrogens (tertiary/aromatic N) is 1. The number of rotatable bonds is 9. The van der Waals surface area contributed by atoms with Crippen molar-refractivity contribution in [2.45, 2.75) is 50.1 Å². The molecule has 0 aromatic heterocycles. The maximum atomic E-state index is 13.0. The molecule has 3 saturated heterocycles. The lowest BCUT2D eigenvalue weighted by Gasteiger charge is -2.52. The number of urea groups is 1. The van der Waals surface area contributed by atoms with Gasteiger partial charge in [-0.3, -0.25) is 0 Å². The number of hydrogen-bond acceptors (Lipinski definition) is 4. The number of hydrogen-bond donors (Lipinski definition) is 2. The molecule has 6 nitrogen and oxygen atoms in total. The lowest BCUT2D eigenvalue weighted by Crippen LogP contribution is -2.66. The fraction of sp³-hybridized carbons (Fsp3) is 0.536. The van der Waals surface area contributed by atoms with Crippen LogP contribution < -0.4 is 15.4 Å². The molecule has 0 spiro atoms. The summed E-state index contributed by atoms with van der Waals surface area (Å²) in [7, 11) is 1.70. The van der Waals surface area contributed by atoms with Gasteiger partial charge in [0.2, 0.25) is 0 Å². The van der Waals surface area contributed by atoms with Crippen LogP contribution in [0.1, 0.15) is 44.6 Å². The van der Waals surface area contributed by atoms with Gasteiger partial charge in [0.05, 0.1) is 17.7 Å². The van der Waals surface area contributed by atoms with Gasteiger partial charge >= 0.3 is 6.03 Å². The Morgan fingerprint density at radius 2 is 1.62 bits per heavy atom. The number of fused-ring (bicyclic) bond motifs is 3. The van der Waals surface area contributed by atoms with E-state index in [1.807, 2.05) is 12.1 Å². The molecule has 3 aliphatic heterocycles. The van der Waals surface area contributed by atoms with Crippen LogP contribution in [-0.4, -0.2) is 56.4 Å². The van der Waals surface area contributed by atoms with E-state index in [1.165, 1.54) is 31.5 Å². The monoisotopic (exact) mass is 463 g/mol. The molecule has 2 aromatic carbocycles. The first kappa shape index (κ1) is 23.2. The summed E-state index contributed by atoms with van der Waals surface area (Å²) >= 11 is 0. The van der Waals surface area contributed by atoms with E-state index < -0.39 is 0 Å². The molecule has 2 N–H and O–H groups in total. The summed E-state index contributed by atoms with van der Waals surface area (Å²) in [5, 5.41) is 6.66. The Balaban J connectivity index is 1.18. The van der Waals surface area contributed by atoms with Gasteiger partial charge in [0, 0.05) is 26.7 Å². The molecule has 182 valence electrons. The molecule has 1 aliphatic carbocycles. The Kier molecular flexibility index (Phi) is 6.54. The minimum atomic E-state index is -0.229. The van der Waals surface area contributed by atoms with Gasteiger partial charge in [-0.1, -0.05) is 36.4 Å². The molecule has 1 atom stereocenters. The van der Waals surface area contributed by atoms with Crippen LogP contribution >= 0.6 is 0 Å². The van der Waals surface area contributed by atoms with Gasteiger partial charge in [-0.2, -0.15) is 0 Å². The number of methoxy groups -OCH3 is 1. The molecule has 2 amide bonds. The Morgan fingerprint density at radius 3 is 2.18 bits per heavy atom. The predicted octanol–water partition coefficient (Wildman–Crippen LogP) is 4.54. The van der Waals surface area contributed by atoms with Crippen LogP contribution in [0, 0.1) is 5.92 Å². The van der Waals surface area contributed by atoms with Crippen LogP contribution in [0.4, 0.5) is 4.79 Å². The highest BCUT2D eigenvalue weighted by Crippen LogP contribution is 2.46.